The van der Waals surface area contributed by atoms with Crippen LogP contribution in [0, 0.1) is 12.7 Å². The minimum Gasteiger partial charge on any atom is -0.338 e. The summed E-state index contributed by atoms with van der Waals surface area (Å²) in [6.07, 6.45) is 0. The van der Waals surface area contributed by atoms with Crippen LogP contribution in [0.15, 0.2) is 33.1 Å². The Balaban J connectivity index is 1.64. The van der Waals surface area contributed by atoms with Crippen molar-refractivity contribution in [3.05, 3.63) is 41.8 Å². The van der Waals surface area contributed by atoms with Gasteiger partial charge in [-0.3, -0.25) is 0 Å². The average molecular weight is 337 g/mol. The third-order valence-electron chi connectivity index (χ3n) is 2.67. The quantitative estimate of drug-likeness (QED) is 0.706. The van der Waals surface area contributed by atoms with Crippen LogP contribution in [-0.4, -0.2) is 20.3 Å². The number of thioether (sulfide) groups is 1. The molecule has 1 atom stereocenters. The Hall–Kier alpha value is -2.00. The van der Waals surface area contributed by atoms with Gasteiger partial charge in [-0.05, 0) is 38.1 Å². The molecule has 1 N–H and O–H groups in total. The molecule has 1 aromatic carbocycles. The second-order valence-electron chi connectivity index (χ2n) is 4.44. The van der Waals surface area contributed by atoms with Crippen molar-refractivity contribution in [3.8, 4) is 0 Å². The third-order valence-corrected chi connectivity index (χ3v) is 4.68. The SMILES string of the molecule is Cc1noc(C(C)Sc2nnc(Nc3ccc(F)cc3)s2)n1. The van der Waals surface area contributed by atoms with Gasteiger partial charge >= 0.3 is 0 Å². The molecule has 3 rings (SSSR count). The summed E-state index contributed by atoms with van der Waals surface area (Å²) in [7, 11) is 0. The molecular formula is C13H12FN5OS2. The fourth-order valence-electron chi connectivity index (χ4n) is 1.64. The van der Waals surface area contributed by atoms with Crippen molar-refractivity contribution in [2.75, 3.05) is 5.32 Å². The van der Waals surface area contributed by atoms with Crippen LogP contribution in [-0.2, 0) is 0 Å². The second-order valence-corrected chi connectivity index (χ2v) is 7.01. The van der Waals surface area contributed by atoms with Crippen LogP contribution in [0.4, 0.5) is 15.2 Å². The minimum atomic E-state index is -0.275. The van der Waals surface area contributed by atoms with Crippen molar-refractivity contribution in [3.63, 3.8) is 0 Å². The molecule has 0 fully saturated rings. The van der Waals surface area contributed by atoms with E-state index in [4.69, 9.17) is 4.52 Å². The normalized spacial score (nSPS) is 12.3. The van der Waals surface area contributed by atoms with E-state index in [1.165, 1.54) is 35.2 Å². The van der Waals surface area contributed by atoms with Gasteiger partial charge in [0, 0.05) is 5.69 Å². The lowest BCUT2D eigenvalue weighted by atomic mass is 10.3. The van der Waals surface area contributed by atoms with E-state index < -0.39 is 0 Å². The van der Waals surface area contributed by atoms with Crippen LogP contribution in [0.3, 0.4) is 0 Å². The molecule has 9 heteroatoms. The van der Waals surface area contributed by atoms with E-state index in [9.17, 15) is 4.39 Å². The molecule has 0 amide bonds. The zero-order chi connectivity index (χ0) is 15.5. The lowest BCUT2D eigenvalue weighted by Crippen LogP contribution is -1.89. The van der Waals surface area contributed by atoms with Crippen molar-refractivity contribution in [1.29, 1.82) is 0 Å². The molecule has 3 aromatic rings. The molecule has 0 saturated heterocycles. The number of nitrogens with zero attached hydrogens (tertiary/aromatic N) is 4. The molecule has 0 spiro atoms. The summed E-state index contributed by atoms with van der Waals surface area (Å²) in [6, 6.07) is 6.07. The van der Waals surface area contributed by atoms with Crippen LogP contribution < -0.4 is 5.32 Å². The van der Waals surface area contributed by atoms with Gasteiger partial charge in [0.15, 0.2) is 10.2 Å². The van der Waals surface area contributed by atoms with E-state index in [1.807, 2.05) is 6.92 Å². The first-order chi connectivity index (χ1) is 10.6. The van der Waals surface area contributed by atoms with Gasteiger partial charge < -0.3 is 9.84 Å². The maximum Gasteiger partial charge on any atom is 0.239 e. The smallest absolute Gasteiger partial charge is 0.239 e. The fraction of sp³-hybridized carbons (Fsp3) is 0.231. The average Bonchev–Trinajstić information content (AvgIpc) is 3.11. The van der Waals surface area contributed by atoms with E-state index in [0.717, 1.165) is 10.0 Å². The van der Waals surface area contributed by atoms with Crippen LogP contribution in [0.5, 0.6) is 0 Å². The van der Waals surface area contributed by atoms with Gasteiger partial charge in [0.2, 0.25) is 11.0 Å². The molecule has 6 nitrogen and oxygen atoms in total. The maximum absolute atomic E-state index is 12.9. The summed E-state index contributed by atoms with van der Waals surface area (Å²) in [4.78, 5) is 4.20. The number of aryl methyl sites for hydroxylation is 1. The van der Waals surface area contributed by atoms with Crippen LogP contribution >= 0.6 is 23.1 Å². The first kappa shape index (κ1) is 14.9. The van der Waals surface area contributed by atoms with Crippen molar-refractivity contribution in [1.82, 2.24) is 20.3 Å². The topological polar surface area (TPSA) is 76.7 Å². The van der Waals surface area contributed by atoms with E-state index >= 15 is 0 Å². The number of benzene rings is 1. The molecule has 2 aromatic heterocycles. The van der Waals surface area contributed by atoms with E-state index in [1.54, 1.807) is 19.1 Å². The van der Waals surface area contributed by atoms with E-state index in [2.05, 4.69) is 25.7 Å². The Morgan fingerprint density at radius 3 is 2.73 bits per heavy atom. The van der Waals surface area contributed by atoms with Gasteiger partial charge in [-0.15, -0.1) is 10.2 Å². The highest BCUT2D eigenvalue weighted by atomic mass is 32.2. The number of rotatable bonds is 5. The molecule has 114 valence electrons. The van der Waals surface area contributed by atoms with Crippen LogP contribution in [0.2, 0.25) is 0 Å². The van der Waals surface area contributed by atoms with Gasteiger partial charge in [0.1, 0.15) is 5.82 Å². The predicted octanol–water partition coefficient (Wildman–Crippen LogP) is 3.97. The summed E-state index contributed by atoms with van der Waals surface area (Å²) in [5, 5.41) is 15.7. The second kappa shape index (κ2) is 6.41. The lowest BCUT2D eigenvalue weighted by molar-refractivity contribution is 0.376. The first-order valence-corrected chi connectivity index (χ1v) is 8.13. The number of anilines is 2. The van der Waals surface area contributed by atoms with Crippen molar-refractivity contribution in [2.45, 2.75) is 23.4 Å². The largest absolute Gasteiger partial charge is 0.338 e. The Kier molecular flexibility index (Phi) is 4.34. The molecule has 0 saturated carbocycles. The van der Waals surface area contributed by atoms with Crippen LogP contribution in [0.1, 0.15) is 23.9 Å². The molecule has 0 aliphatic rings. The van der Waals surface area contributed by atoms with Crippen LogP contribution in [0.25, 0.3) is 0 Å². The highest BCUT2D eigenvalue weighted by molar-refractivity contribution is 8.01. The van der Waals surface area contributed by atoms with Gasteiger partial charge in [0.25, 0.3) is 0 Å². The lowest BCUT2D eigenvalue weighted by Gasteiger charge is -2.02. The summed E-state index contributed by atoms with van der Waals surface area (Å²) < 4.78 is 18.8. The Bertz CT molecular complexity index is 758. The number of hydrogen-bond acceptors (Lipinski definition) is 8. The first-order valence-electron chi connectivity index (χ1n) is 6.43. The fourth-order valence-corrected chi connectivity index (χ4v) is 3.59. The molecule has 0 aliphatic carbocycles. The monoisotopic (exact) mass is 337 g/mol. The zero-order valence-electron chi connectivity index (χ0n) is 11.8. The van der Waals surface area contributed by atoms with Gasteiger partial charge in [0.05, 0.1) is 5.25 Å². The van der Waals surface area contributed by atoms with Crippen molar-refractivity contribution >= 4 is 33.9 Å². The minimum absolute atomic E-state index is 0.00665. The molecular weight excluding hydrogens is 325 g/mol. The Morgan fingerprint density at radius 1 is 1.27 bits per heavy atom. The Morgan fingerprint density at radius 2 is 2.05 bits per heavy atom. The predicted molar refractivity (Wildman–Crippen MR) is 82.9 cm³/mol. The van der Waals surface area contributed by atoms with Gasteiger partial charge in [-0.1, -0.05) is 28.3 Å². The maximum atomic E-state index is 12.9. The molecule has 2 heterocycles. The van der Waals surface area contributed by atoms with Gasteiger partial charge in [-0.2, -0.15) is 4.98 Å². The molecule has 0 radical (unpaired) electrons. The summed E-state index contributed by atoms with van der Waals surface area (Å²) >= 11 is 2.90. The number of hydrogen-bond donors (Lipinski definition) is 1. The zero-order valence-corrected chi connectivity index (χ0v) is 13.4. The van der Waals surface area contributed by atoms with Crippen molar-refractivity contribution < 1.29 is 8.91 Å². The van der Waals surface area contributed by atoms with E-state index in [0.29, 0.717) is 16.8 Å². The summed E-state index contributed by atoms with van der Waals surface area (Å²) in [5.74, 6) is 0.895. The summed E-state index contributed by atoms with van der Waals surface area (Å²) in [5.41, 5.74) is 0.759. The molecule has 1 unspecified atom stereocenters. The molecule has 0 bridgehead atoms. The Labute approximate surface area is 134 Å². The molecule has 0 aliphatic heterocycles. The standard InChI is InChI=1S/C13H12FN5OS2/c1-7(11-15-8(2)19-20-11)21-13-18-17-12(22-13)16-10-5-3-9(14)4-6-10/h3-7H,1-2H3,(H,16,17). The highest BCUT2D eigenvalue weighted by Crippen LogP contribution is 2.37. The van der Waals surface area contributed by atoms with Crippen molar-refractivity contribution in [2.24, 2.45) is 0 Å². The molecule has 22 heavy (non-hydrogen) atoms. The summed E-state index contributed by atoms with van der Waals surface area (Å²) in [6.45, 7) is 3.74. The number of aromatic nitrogens is 4. The third kappa shape index (κ3) is 3.60. The number of nitrogens with one attached hydrogen (secondary N) is 1. The van der Waals surface area contributed by atoms with Gasteiger partial charge in [-0.25, -0.2) is 4.39 Å². The highest BCUT2D eigenvalue weighted by Gasteiger charge is 2.17. The number of halogens is 1. The van der Waals surface area contributed by atoms with E-state index in [-0.39, 0.29) is 11.1 Å².